The van der Waals surface area contributed by atoms with Gasteiger partial charge in [0.1, 0.15) is 11.4 Å². The Labute approximate surface area is 143 Å². The van der Waals surface area contributed by atoms with E-state index in [4.69, 9.17) is 4.52 Å². The first-order chi connectivity index (χ1) is 11.5. The number of aliphatic hydroxyl groups excluding tert-OH is 1. The predicted molar refractivity (Wildman–Crippen MR) is 92.0 cm³/mol. The summed E-state index contributed by atoms with van der Waals surface area (Å²) in [5.41, 5.74) is 1.40. The molecule has 3 rings (SSSR count). The summed E-state index contributed by atoms with van der Waals surface area (Å²) in [7, 11) is 0. The molecule has 2 amide bonds. The van der Waals surface area contributed by atoms with Crippen LogP contribution in [0.25, 0.3) is 0 Å². The van der Waals surface area contributed by atoms with Crippen LogP contribution in [0.1, 0.15) is 63.3 Å². The Bertz CT molecular complexity index is 578. The first kappa shape index (κ1) is 17.3. The highest BCUT2D eigenvalue weighted by Crippen LogP contribution is 2.36. The molecule has 2 N–H and O–H groups in total. The number of likely N-dealkylation sites (tertiary alicyclic amines) is 1. The predicted octanol–water partition coefficient (Wildman–Crippen LogP) is 3.51. The van der Waals surface area contributed by atoms with E-state index in [1.54, 1.807) is 0 Å². The van der Waals surface area contributed by atoms with Crippen LogP contribution >= 0.6 is 0 Å². The monoisotopic (exact) mass is 335 g/mol. The van der Waals surface area contributed by atoms with Gasteiger partial charge in [0.05, 0.1) is 6.10 Å². The molecular formula is C18H29N3O3. The van der Waals surface area contributed by atoms with Gasteiger partial charge in [0, 0.05) is 24.9 Å². The van der Waals surface area contributed by atoms with Crippen molar-refractivity contribution in [2.24, 2.45) is 11.8 Å². The summed E-state index contributed by atoms with van der Waals surface area (Å²) < 4.78 is 5.34. The lowest BCUT2D eigenvalue weighted by Gasteiger charge is -2.39. The number of aryl methyl sites for hydroxylation is 1. The van der Waals surface area contributed by atoms with Crippen LogP contribution in [0.4, 0.5) is 10.5 Å². The maximum absolute atomic E-state index is 12.7. The molecule has 1 aromatic heterocycles. The van der Waals surface area contributed by atoms with E-state index in [0.29, 0.717) is 42.6 Å². The van der Waals surface area contributed by atoms with Crippen molar-refractivity contribution in [3.05, 3.63) is 11.5 Å². The van der Waals surface area contributed by atoms with E-state index in [1.165, 1.54) is 25.7 Å². The van der Waals surface area contributed by atoms with Crippen LogP contribution in [0, 0.1) is 18.8 Å². The van der Waals surface area contributed by atoms with Crippen molar-refractivity contribution >= 4 is 11.7 Å². The summed E-state index contributed by atoms with van der Waals surface area (Å²) >= 11 is 0. The van der Waals surface area contributed by atoms with E-state index in [0.717, 1.165) is 0 Å². The number of piperidine rings is 1. The van der Waals surface area contributed by atoms with E-state index in [9.17, 15) is 9.90 Å². The number of aliphatic hydroxyl groups is 1. The lowest BCUT2D eigenvalue weighted by molar-refractivity contribution is 0.0144. The van der Waals surface area contributed by atoms with Crippen LogP contribution in [-0.4, -0.2) is 40.4 Å². The second-order valence-corrected chi connectivity index (χ2v) is 7.60. The van der Waals surface area contributed by atoms with Crippen LogP contribution in [0.15, 0.2) is 4.52 Å². The Morgan fingerprint density at radius 3 is 2.71 bits per heavy atom. The van der Waals surface area contributed by atoms with Crippen LogP contribution in [0.2, 0.25) is 0 Å². The minimum atomic E-state index is -0.277. The second kappa shape index (κ2) is 7.13. The summed E-state index contributed by atoms with van der Waals surface area (Å²) in [5.74, 6) is 1.64. The summed E-state index contributed by atoms with van der Waals surface area (Å²) in [4.78, 5) is 14.6. The number of carbonyl (C=O) groups is 1. The van der Waals surface area contributed by atoms with Gasteiger partial charge in [0.2, 0.25) is 0 Å². The molecule has 2 heterocycles. The van der Waals surface area contributed by atoms with Gasteiger partial charge in [0.25, 0.3) is 0 Å². The molecule has 0 bridgehead atoms. The van der Waals surface area contributed by atoms with E-state index >= 15 is 0 Å². The number of carbonyl (C=O) groups excluding carboxylic acids is 1. The minimum absolute atomic E-state index is 0.113. The molecule has 2 atom stereocenters. The largest absolute Gasteiger partial charge is 0.393 e. The highest BCUT2D eigenvalue weighted by Gasteiger charge is 2.37. The number of nitrogens with zero attached hydrogens (tertiary/aromatic N) is 2. The average Bonchev–Trinajstić information content (AvgIpc) is 3.18. The standard InChI is InChI=1S/C18H29N3O3/c1-11(2)17-16(12(3)20-24-17)19-18(23)21-9-8-15(22)14(10-21)13-6-4-5-7-13/h11,13-15,22H,4-10H2,1-3H3,(H,19,23)/t14-,15+/m0/s1. The molecule has 2 fully saturated rings. The fraction of sp³-hybridized carbons (Fsp3) is 0.778. The topological polar surface area (TPSA) is 78.6 Å². The van der Waals surface area contributed by atoms with Crippen molar-refractivity contribution in [1.29, 1.82) is 0 Å². The fourth-order valence-electron chi connectivity index (χ4n) is 4.12. The first-order valence-corrected chi connectivity index (χ1v) is 9.17. The van der Waals surface area contributed by atoms with Gasteiger partial charge in [-0.1, -0.05) is 44.7 Å². The van der Waals surface area contributed by atoms with Gasteiger partial charge >= 0.3 is 6.03 Å². The maximum Gasteiger partial charge on any atom is 0.322 e. The van der Waals surface area contributed by atoms with E-state index in [1.807, 2.05) is 25.7 Å². The number of amides is 2. The Morgan fingerprint density at radius 1 is 1.33 bits per heavy atom. The molecule has 0 unspecified atom stereocenters. The molecule has 2 aliphatic rings. The van der Waals surface area contributed by atoms with Gasteiger partial charge in [0.15, 0.2) is 5.76 Å². The third-order valence-electron chi connectivity index (χ3n) is 5.56. The molecular weight excluding hydrogens is 306 g/mol. The number of nitrogens with one attached hydrogen (secondary N) is 1. The van der Waals surface area contributed by atoms with Crippen LogP contribution in [-0.2, 0) is 0 Å². The van der Waals surface area contributed by atoms with Gasteiger partial charge in [-0.25, -0.2) is 4.79 Å². The Balaban J connectivity index is 1.68. The molecule has 1 aromatic rings. The summed E-state index contributed by atoms with van der Waals surface area (Å²) in [6.07, 6.45) is 5.24. The SMILES string of the molecule is Cc1noc(C(C)C)c1NC(=O)N1CC[C@@H](O)[C@H](C2CCCC2)C1. The van der Waals surface area contributed by atoms with Gasteiger partial charge in [-0.2, -0.15) is 0 Å². The molecule has 0 spiro atoms. The molecule has 24 heavy (non-hydrogen) atoms. The van der Waals surface area contributed by atoms with Crippen LogP contribution in [0.5, 0.6) is 0 Å². The Morgan fingerprint density at radius 2 is 2.04 bits per heavy atom. The molecule has 0 aromatic carbocycles. The Hall–Kier alpha value is -1.56. The summed E-state index contributed by atoms with van der Waals surface area (Å²) in [6.45, 7) is 7.11. The molecule has 0 radical (unpaired) electrons. The van der Waals surface area contributed by atoms with Crippen molar-refractivity contribution in [1.82, 2.24) is 10.1 Å². The van der Waals surface area contributed by atoms with Gasteiger partial charge < -0.3 is 19.8 Å². The molecule has 1 aliphatic heterocycles. The number of rotatable bonds is 3. The van der Waals surface area contributed by atoms with Gasteiger partial charge in [-0.05, 0) is 19.3 Å². The molecule has 6 nitrogen and oxygen atoms in total. The number of anilines is 1. The number of urea groups is 1. The van der Waals surface area contributed by atoms with Gasteiger partial charge in [-0.3, -0.25) is 0 Å². The lowest BCUT2D eigenvalue weighted by Crippen LogP contribution is -2.49. The zero-order valence-electron chi connectivity index (χ0n) is 14.9. The van der Waals surface area contributed by atoms with Gasteiger partial charge in [-0.15, -0.1) is 0 Å². The second-order valence-electron chi connectivity index (χ2n) is 7.60. The Kier molecular flexibility index (Phi) is 5.13. The molecule has 1 aliphatic carbocycles. The van der Waals surface area contributed by atoms with Crippen LogP contribution in [0.3, 0.4) is 0 Å². The van der Waals surface area contributed by atoms with Crippen LogP contribution < -0.4 is 5.32 Å². The number of hydrogen-bond acceptors (Lipinski definition) is 4. The average molecular weight is 335 g/mol. The first-order valence-electron chi connectivity index (χ1n) is 9.17. The zero-order chi connectivity index (χ0) is 17.3. The zero-order valence-corrected chi connectivity index (χ0v) is 14.9. The normalized spacial score (nSPS) is 25.5. The minimum Gasteiger partial charge on any atom is -0.393 e. The fourth-order valence-corrected chi connectivity index (χ4v) is 4.12. The lowest BCUT2D eigenvalue weighted by atomic mass is 9.82. The molecule has 1 saturated heterocycles. The number of aromatic nitrogens is 1. The highest BCUT2D eigenvalue weighted by molar-refractivity contribution is 5.90. The van der Waals surface area contributed by atoms with E-state index in [-0.39, 0.29) is 24.0 Å². The smallest absolute Gasteiger partial charge is 0.322 e. The third kappa shape index (κ3) is 3.43. The maximum atomic E-state index is 12.7. The highest BCUT2D eigenvalue weighted by atomic mass is 16.5. The molecule has 134 valence electrons. The quantitative estimate of drug-likeness (QED) is 0.886. The van der Waals surface area contributed by atoms with Crippen molar-refractivity contribution in [2.45, 2.75) is 64.9 Å². The van der Waals surface area contributed by atoms with E-state index in [2.05, 4.69) is 10.5 Å². The van der Waals surface area contributed by atoms with Crippen molar-refractivity contribution < 1.29 is 14.4 Å². The summed E-state index contributed by atoms with van der Waals surface area (Å²) in [6, 6.07) is -0.113. The summed E-state index contributed by atoms with van der Waals surface area (Å²) in [5, 5.41) is 17.3. The molecule has 1 saturated carbocycles. The third-order valence-corrected chi connectivity index (χ3v) is 5.56. The number of hydrogen-bond donors (Lipinski definition) is 2. The van der Waals surface area contributed by atoms with Crippen molar-refractivity contribution in [2.75, 3.05) is 18.4 Å². The van der Waals surface area contributed by atoms with Crippen molar-refractivity contribution in [3.8, 4) is 0 Å². The van der Waals surface area contributed by atoms with Crippen molar-refractivity contribution in [3.63, 3.8) is 0 Å². The molecule has 6 heteroatoms. The van der Waals surface area contributed by atoms with E-state index < -0.39 is 0 Å².